The number of aliphatic imine (C=N–C) groups is 1. The second-order valence-electron chi connectivity index (χ2n) is 2.09. The molecule has 0 saturated heterocycles. The lowest BCUT2D eigenvalue weighted by molar-refractivity contribution is 0.388. The van der Waals surface area contributed by atoms with E-state index in [4.69, 9.17) is 4.74 Å². The van der Waals surface area contributed by atoms with E-state index >= 15 is 0 Å². The molecule has 1 aliphatic heterocycles. The highest BCUT2D eigenvalue weighted by atomic mass is 16.5. The molecular formula is C9H17NO. The quantitative estimate of drug-likeness (QED) is 0.527. The van der Waals surface area contributed by atoms with Crippen LogP contribution in [0.15, 0.2) is 16.8 Å². The number of hydrogen-bond acceptors (Lipinski definition) is 2. The van der Waals surface area contributed by atoms with Crippen LogP contribution >= 0.6 is 0 Å². The minimum atomic E-state index is 0.856. The molecule has 2 heteroatoms. The number of hydrogen-bond donors (Lipinski definition) is 0. The van der Waals surface area contributed by atoms with E-state index in [0.29, 0.717) is 0 Å². The Morgan fingerprint density at radius 1 is 1.45 bits per heavy atom. The minimum absolute atomic E-state index is 0.856. The van der Waals surface area contributed by atoms with Crippen molar-refractivity contribution in [2.45, 2.75) is 33.6 Å². The van der Waals surface area contributed by atoms with Crippen molar-refractivity contribution in [3.63, 3.8) is 0 Å². The van der Waals surface area contributed by atoms with Gasteiger partial charge < -0.3 is 4.74 Å². The molecule has 0 aliphatic carbocycles. The van der Waals surface area contributed by atoms with Gasteiger partial charge in [0, 0.05) is 12.1 Å². The van der Waals surface area contributed by atoms with Gasteiger partial charge in [-0.1, -0.05) is 19.9 Å². The van der Waals surface area contributed by atoms with E-state index in [9.17, 15) is 0 Å². The summed E-state index contributed by atoms with van der Waals surface area (Å²) >= 11 is 0. The summed E-state index contributed by atoms with van der Waals surface area (Å²) in [5.74, 6) is 0.856. The summed E-state index contributed by atoms with van der Waals surface area (Å²) in [6, 6.07) is 0. The second-order valence-corrected chi connectivity index (χ2v) is 2.09. The number of allylic oxidation sites excluding steroid dienone is 2. The Kier molecular flexibility index (Phi) is 5.53. The number of methoxy groups -OCH3 is 1. The van der Waals surface area contributed by atoms with Crippen LogP contribution in [0.25, 0.3) is 0 Å². The van der Waals surface area contributed by atoms with Crippen molar-refractivity contribution in [1.82, 2.24) is 0 Å². The van der Waals surface area contributed by atoms with Gasteiger partial charge in [-0.05, 0) is 13.3 Å². The number of rotatable bonds is 0. The van der Waals surface area contributed by atoms with E-state index in [1.807, 2.05) is 20.8 Å². The van der Waals surface area contributed by atoms with Crippen LogP contribution in [0.1, 0.15) is 33.6 Å². The third-order valence-corrected chi connectivity index (χ3v) is 1.33. The molecule has 0 amide bonds. The van der Waals surface area contributed by atoms with E-state index in [1.54, 1.807) is 7.11 Å². The van der Waals surface area contributed by atoms with Crippen molar-refractivity contribution in [2.75, 3.05) is 7.11 Å². The predicted molar refractivity (Wildman–Crippen MR) is 48.8 cm³/mol. The Bertz CT molecular complexity index is 159. The topological polar surface area (TPSA) is 21.6 Å². The summed E-state index contributed by atoms with van der Waals surface area (Å²) in [6.07, 6.45) is 4.13. The van der Waals surface area contributed by atoms with E-state index < -0.39 is 0 Å². The molecular weight excluding hydrogens is 138 g/mol. The fourth-order valence-electron chi connectivity index (χ4n) is 0.850. The molecule has 1 heterocycles. The van der Waals surface area contributed by atoms with Crippen LogP contribution in [0.5, 0.6) is 0 Å². The summed E-state index contributed by atoms with van der Waals surface area (Å²) in [5, 5.41) is 0. The minimum Gasteiger partial charge on any atom is -0.484 e. The van der Waals surface area contributed by atoms with E-state index in [-0.39, 0.29) is 0 Å². The van der Waals surface area contributed by atoms with Gasteiger partial charge in [-0.2, -0.15) is 0 Å². The highest BCUT2D eigenvalue weighted by Gasteiger charge is 2.01. The SMILES string of the molecule is CC.COC1=NC(C)=CCC1. The van der Waals surface area contributed by atoms with E-state index in [0.717, 1.165) is 24.4 Å². The zero-order chi connectivity index (χ0) is 8.69. The average molecular weight is 155 g/mol. The maximum absolute atomic E-state index is 4.97. The lowest BCUT2D eigenvalue weighted by atomic mass is 10.2. The van der Waals surface area contributed by atoms with Gasteiger partial charge in [0.15, 0.2) is 5.90 Å². The van der Waals surface area contributed by atoms with Crippen molar-refractivity contribution in [2.24, 2.45) is 4.99 Å². The Labute approximate surface area is 69.0 Å². The first-order chi connectivity index (χ1) is 5.33. The zero-order valence-corrected chi connectivity index (χ0v) is 7.85. The molecule has 0 N–H and O–H groups in total. The Morgan fingerprint density at radius 3 is 2.45 bits per heavy atom. The Morgan fingerprint density at radius 2 is 2.09 bits per heavy atom. The maximum atomic E-state index is 4.97. The third kappa shape index (κ3) is 3.81. The first kappa shape index (κ1) is 10.2. The maximum Gasteiger partial charge on any atom is 0.188 e. The lowest BCUT2D eigenvalue weighted by Crippen LogP contribution is -2.03. The van der Waals surface area contributed by atoms with Crippen molar-refractivity contribution in [1.29, 1.82) is 0 Å². The summed E-state index contributed by atoms with van der Waals surface area (Å²) in [5.41, 5.74) is 1.07. The van der Waals surface area contributed by atoms with Crippen molar-refractivity contribution >= 4 is 5.90 Å². The van der Waals surface area contributed by atoms with Crippen LogP contribution in [0.2, 0.25) is 0 Å². The smallest absolute Gasteiger partial charge is 0.188 e. The van der Waals surface area contributed by atoms with Crippen LogP contribution < -0.4 is 0 Å². The van der Waals surface area contributed by atoms with Crippen molar-refractivity contribution < 1.29 is 4.74 Å². The predicted octanol–water partition coefficient (Wildman–Crippen LogP) is 2.76. The molecule has 0 unspecified atom stereocenters. The molecule has 11 heavy (non-hydrogen) atoms. The van der Waals surface area contributed by atoms with E-state index in [1.165, 1.54) is 0 Å². The molecule has 0 aromatic heterocycles. The molecule has 0 bridgehead atoms. The van der Waals surface area contributed by atoms with Gasteiger partial charge in [-0.15, -0.1) is 0 Å². The van der Waals surface area contributed by atoms with Gasteiger partial charge in [0.05, 0.1) is 7.11 Å². The summed E-state index contributed by atoms with van der Waals surface area (Å²) in [4.78, 5) is 4.16. The summed E-state index contributed by atoms with van der Waals surface area (Å²) in [6.45, 7) is 5.98. The molecule has 1 rings (SSSR count). The first-order valence-electron chi connectivity index (χ1n) is 4.11. The molecule has 0 aromatic rings. The molecule has 0 radical (unpaired) electrons. The summed E-state index contributed by atoms with van der Waals surface area (Å²) in [7, 11) is 1.66. The zero-order valence-electron chi connectivity index (χ0n) is 7.85. The fraction of sp³-hybridized carbons (Fsp3) is 0.667. The van der Waals surface area contributed by atoms with Crippen LogP contribution in [0.3, 0.4) is 0 Å². The lowest BCUT2D eigenvalue weighted by Gasteiger charge is -2.07. The molecule has 1 aliphatic rings. The molecule has 0 saturated carbocycles. The Balaban J connectivity index is 0.000000461. The fourth-order valence-corrected chi connectivity index (χ4v) is 0.850. The Hall–Kier alpha value is -0.790. The highest BCUT2D eigenvalue weighted by Crippen LogP contribution is 2.09. The standard InChI is InChI=1S/C7H11NO.C2H6/c1-6-4-3-5-7(8-6)9-2;1-2/h4H,3,5H2,1-2H3;1-2H3. The van der Waals surface area contributed by atoms with Crippen molar-refractivity contribution in [3.8, 4) is 0 Å². The van der Waals surface area contributed by atoms with Crippen LogP contribution in [-0.2, 0) is 4.74 Å². The largest absolute Gasteiger partial charge is 0.484 e. The summed E-state index contributed by atoms with van der Waals surface area (Å²) < 4.78 is 4.97. The molecule has 0 aromatic carbocycles. The van der Waals surface area contributed by atoms with Gasteiger partial charge in [0.1, 0.15) is 0 Å². The third-order valence-electron chi connectivity index (χ3n) is 1.33. The van der Waals surface area contributed by atoms with Gasteiger partial charge in [0.25, 0.3) is 0 Å². The molecule has 64 valence electrons. The number of nitrogens with zero attached hydrogens (tertiary/aromatic N) is 1. The normalized spacial score (nSPS) is 15.6. The monoisotopic (exact) mass is 155 g/mol. The van der Waals surface area contributed by atoms with Gasteiger partial charge in [0.2, 0.25) is 0 Å². The van der Waals surface area contributed by atoms with Gasteiger partial charge >= 0.3 is 0 Å². The van der Waals surface area contributed by atoms with Gasteiger partial charge in [-0.3, -0.25) is 0 Å². The first-order valence-corrected chi connectivity index (χ1v) is 4.11. The van der Waals surface area contributed by atoms with E-state index in [2.05, 4.69) is 11.1 Å². The van der Waals surface area contributed by atoms with Gasteiger partial charge in [-0.25, -0.2) is 4.99 Å². The molecule has 0 fully saturated rings. The van der Waals surface area contributed by atoms with Crippen LogP contribution in [0, 0.1) is 0 Å². The van der Waals surface area contributed by atoms with Crippen molar-refractivity contribution in [3.05, 3.63) is 11.8 Å². The highest BCUT2D eigenvalue weighted by molar-refractivity contribution is 5.78. The van der Waals surface area contributed by atoms with Crippen LogP contribution in [-0.4, -0.2) is 13.0 Å². The molecule has 0 atom stereocenters. The van der Waals surface area contributed by atoms with Crippen LogP contribution in [0.4, 0.5) is 0 Å². The second kappa shape index (κ2) is 5.96. The molecule has 0 spiro atoms. The molecule has 2 nitrogen and oxygen atoms in total. The average Bonchev–Trinajstić information content (AvgIpc) is 2.08. The number of ether oxygens (including phenoxy) is 1.